The molecule has 0 saturated heterocycles. The maximum absolute atomic E-state index is 11.9. The summed E-state index contributed by atoms with van der Waals surface area (Å²) < 4.78 is 5.15. The Hall–Kier alpha value is -2.30. The predicted molar refractivity (Wildman–Crippen MR) is 87.2 cm³/mol. The van der Waals surface area contributed by atoms with Crippen LogP contribution in [0.25, 0.3) is 22.9 Å². The van der Waals surface area contributed by atoms with Gasteiger partial charge >= 0.3 is 5.63 Å². The van der Waals surface area contributed by atoms with E-state index in [0.717, 1.165) is 0 Å². The van der Waals surface area contributed by atoms with E-state index < -0.39 is 5.63 Å². The Bertz CT molecular complexity index is 948. The normalized spacial score (nSPS) is 11.8. The number of aromatic nitrogens is 1. The number of benzene rings is 2. The van der Waals surface area contributed by atoms with E-state index in [2.05, 4.69) is 4.98 Å². The first kappa shape index (κ1) is 14.6. The summed E-state index contributed by atoms with van der Waals surface area (Å²) in [6.07, 6.45) is 1.22. The minimum Gasteiger partial charge on any atom is -0.507 e. The highest BCUT2D eigenvalue weighted by molar-refractivity contribution is 6.32. The molecule has 0 aliphatic heterocycles. The van der Waals surface area contributed by atoms with E-state index in [9.17, 15) is 9.90 Å². The molecule has 0 amide bonds. The summed E-state index contributed by atoms with van der Waals surface area (Å²) >= 11 is 11.9. The van der Waals surface area contributed by atoms with E-state index in [1.165, 1.54) is 6.08 Å². The van der Waals surface area contributed by atoms with Gasteiger partial charge in [-0.3, -0.25) is 0 Å². The molecule has 4 nitrogen and oxygen atoms in total. The van der Waals surface area contributed by atoms with Crippen LogP contribution < -0.4 is 5.63 Å². The third-order valence-corrected chi connectivity index (χ3v) is 3.56. The number of nitrogens with zero attached hydrogens (tertiary/aromatic N) is 1. The molecule has 1 aromatic heterocycles. The summed E-state index contributed by atoms with van der Waals surface area (Å²) in [4.78, 5) is 16.1. The van der Waals surface area contributed by atoms with Crippen LogP contribution in [-0.2, 0) is 0 Å². The van der Waals surface area contributed by atoms with Gasteiger partial charge in [-0.2, -0.15) is 0 Å². The highest BCUT2D eigenvalue weighted by Gasteiger charge is 2.09. The van der Waals surface area contributed by atoms with Gasteiger partial charge < -0.3 is 9.52 Å². The van der Waals surface area contributed by atoms with Crippen LogP contribution in [-0.4, -0.2) is 10.1 Å². The van der Waals surface area contributed by atoms with Crippen LogP contribution in [0.1, 0.15) is 11.3 Å². The number of aliphatic hydroxyl groups excluding tert-OH is 1. The Morgan fingerprint density at radius 2 is 1.95 bits per heavy atom. The molecule has 0 fully saturated rings. The van der Waals surface area contributed by atoms with Crippen molar-refractivity contribution in [1.29, 1.82) is 0 Å². The van der Waals surface area contributed by atoms with E-state index in [-0.39, 0.29) is 11.5 Å². The summed E-state index contributed by atoms with van der Waals surface area (Å²) in [6.45, 7) is 0. The van der Waals surface area contributed by atoms with Crippen LogP contribution >= 0.6 is 23.2 Å². The fourth-order valence-electron chi connectivity index (χ4n) is 1.96. The second kappa shape index (κ2) is 5.83. The van der Waals surface area contributed by atoms with Gasteiger partial charge in [0.2, 0.25) is 0 Å². The average Bonchev–Trinajstić information content (AvgIpc) is 2.49. The molecule has 0 bridgehead atoms. The van der Waals surface area contributed by atoms with Crippen molar-refractivity contribution in [2.75, 3.05) is 0 Å². The maximum Gasteiger partial charge on any atom is 0.362 e. The Labute approximate surface area is 135 Å². The first-order chi connectivity index (χ1) is 10.5. The Kier molecular flexibility index (Phi) is 3.88. The van der Waals surface area contributed by atoms with Gasteiger partial charge in [0.1, 0.15) is 11.3 Å². The largest absolute Gasteiger partial charge is 0.507 e. The minimum atomic E-state index is -0.659. The molecule has 1 heterocycles. The number of hydrogen-bond donors (Lipinski definition) is 1. The van der Waals surface area contributed by atoms with Crippen molar-refractivity contribution in [3.05, 3.63) is 74.2 Å². The van der Waals surface area contributed by atoms with Gasteiger partial charge in [0.25, 0.3) is 0 Å². The highest BCUT2D eigenvalue weighted by Crippen LogP contribution is 2.23. The zero-order chi connectivity index (χ0) is 15.7. The molecule has 0 aliphatic carbocycles. The van der Waals surface area contributed by atoms with Gasteiger partial charge in [-0.15, -0.1) is 0 Å². The summed E-state index contributed by atoms with van der Waals surface area (Å²) in [5.74, 6) is -0.174. The maximum atomic E-state index is 11.9. The first-order valence-corrected chi connectivity index (χ1v) is 7.06. The average molecular weight is 334 g/mol. The molecular weight excluding hydrogens is 325 g/mol. The second-order valence-electron chi connectivity index (χ2n) is 4.51. The number of fused-ring (bicyclic) bond motifs is 1. The monoisotopic (exact) mass is 333 g/mol. The van der Waals surface area contributed by atoms with Crippen LogP contribution in [0.3, 0.4) is 0 Å². The summed E-state index contributed by atoms with van der Waals surface area (Å²) in [5.41, 5.74) is 0.450. The second-order valence-corrected chi connectivity index (χ2v) is 5.35. The molecule has 3 aromatic rings. The van der Waals surface area contributed by atoms with E-state index in [1.54, 1.807) is 42.5 Å². The van der Waals surface area contributed by atoms with E-state index >= 15 is 0 Å². The van der Waals surface area contributed by atoms with Crippen LogP contribution in [0.2, 0.25) is 10.0 Å². The Morgan fingerprint density at radius 3 is 2.73 bits per heavy atom. The predicted octanol–water partition coefficient (Wildman–Crippen LogP) is 4.55. The summed E-state index contributed by atoms with van der Waals surface area (Å²) in [5, 5.41) is 11.0. The molecule has 1 N–H and O–H groups in total. The fraction of sp³-hybridized carbons (Fsp3) is 0. The number of hydrogen-bond acceptors (Lipinski definition) is 4. The van der Waals surface area contributed by atoms with Gasteiger partial charge in [-0.05, 0) is 30.3 Å². The van der Waals surface area contributed by atoms with E-state index in [4.69, 9.17) is 27.6 Å². The quantitative estimate of drug-likeness (QED) is 0.698. The fourth-order valence-corrected chi connectivity index (χ4v) is 2.36. The van der Waals surface area contributed by atoms with Crippen molar-refractivity contribution in [2.24, 2.45) is 0 Å². The summed E-state index contributed by atoms with van der Waals surface area (Å²) in [6, 6.07) is 11.5. The van der Waals surface area contributed by atoms with Crippen LogP contribution in [0.5, 0.6) is 0 Å². The van der Waals surface area contributed by atoms with Gasteiger partial charge in [0.15, 0.2) is 11.3 Å². The van der Waals surface area contributed by atoms with Gasteiger partial charge in [-0.25, -0.2) is 9.78 Å². The van der Waals surface area contributed by atoms with Crippen LogP contribution in [0.4, 0.5) is 0 Å². The van der Waals surface area contributed by atoms with E-state index in [1.807, 2.05) is 0 Å². The van der Waals surface area contributed by atoms with Crippen molar-refractivity contribution in [1.82, 2.24) is 4.98 Å². The first-order valence-electron chi connectivity index (χ1n) is 6.30. The van der Waals surface area contributed by atoms with Crippen molar-refractivity contribution in [3.8, 4) is 0 Å². The molecule has 6 heteroatoms. The molecule has 0 radical (unpaired) electrons. The van der Waals surface area contributed by atoms with Crippen LogP contribution in [0.15, 0.2) is 51.7 Å². The van der Waals surface area contributed by atoms with Gasteiger partial charge in [-0.1, -0.05) is 35.3 Å². The highest BCUT2D eigenvalue weighted by atomic mass is 35.5. The standard InChI is InChI=1S/C16H9Cl2NO3/c17-9-5-6-15-12(7-9)19-13(16(21)22-15)8-14(20)10-3-1-2-4-11(10)18/h1-8,20H/b14-8-. The number of rotatable bonds is 2. The molecule has 22 heavy (non-hydrogen) atoms. The minimum absolute atomic E-state index is 0.0350. The molecule has 0 atom stereocenters. The lowest BCUT2D eigenvalue weighted by molar-refractivity contribution is 0.514. The number of halogens is 2. The molecule has 0 aliphatic rings. The Morgan fingerprint density at radius 1 is 1.18 bits per heavy atom. The zero-order valence-corrected chi connectivity index (χ0v) is 12.6. The summed E-state index contributed by atoms with van der Waals surface area (Å²) in [7, 11) is 0. The number of aliphatic hydroxyl groups is 1. The topological polar surface area (TPSA) is 63.3 Å². The SMILES string of the molecule is O=c1oc2ccc(Cl)cc2nc1/C=C(\O)c1ccccc1Cl. The smallest absolute Gasteiger partial charge is 0.362 e. The molecule has 110 valence electrons. The van der Waals surface area contributed by atoms with Crippen molar-refractivity contribution >= 4 is 46.1 Å². The molecule has 3 rings (SSSR count). The van der Waals surface area contributed by atoms with Crippen molar-refractivity contribution in [3.63, 3.8) is 0 Å². The Balaban J connectivity index is 2.14. The van der Waals surface area contributed by atoms with Crippen molar-refractivity contribution in [2.45, 2.75) is 0 Å². The van der Waals surface area contributed by atoms with Crippen molar-refractivity contribution < 1.29 is 9.52 Å². The van der Waals surface area contributed by atoms with E-state index in [0.29, 0.717) is 26.7 Å². The van der Waals surface area contributed by atoms with Gasteiger partial charge in [0.05, 0.1) is 5.02 Å². The molecule has 0 saturated carbocycles. The molecule has 0 spiro atoms. The molecular formula is C16H9Cl2NO3. The van der Waals surface area contributed by atoms with Crippen LogP contribution in [0, 0.1) is 0 Å². The third-order valence-electron chi connectivity index (χ3n) is 3.00. The van der Waals surface area contributed by atoms with Gasteiger partial charge in [0, 0.05) is 16.7 Å². The zero-order valence-electron chi connectivity index (χ0n) is 11.1. The lowest BCUT2D eigenvalue weighted by Crippen LogP contribution is -2.06. The lowest BCUT2D eigenvalue weighted by atomic mass is 10.1. The molecule has 2 aromatic carbocycles. The molecule has 0 unspecified atom stereocenters. The third kappa shape index (κ3) is 2.84. The lowest BCUT2D eigenvalue weighted by Gasteiger charge is -2.03.